The van der Waals surface area contributed by atoms with Crippen LogP contribution in [0.4, 0.5) is 0 Å². The molecule has 0 saturated heterocycles. The van der Waals surface area contributed by atoms with Gasteiger partial charge in [-0.2, -0.15) is 0 Å². The number of sulfonamides is 1. The lowest BCUT2D eigenvalue weighted by Crippen LogP contribution is -2.40. The van der Waals surface area contributed by atoms with E-state index < -0.39 is 39.0 Å². The second-order valence-electron chi connectivity index (χ2n) is 12.2. The van der Waals surface area contributed by atoms with Gasteiger partial charge in [0.15, 0.2) is 0 Å². The molecule has 2 rings (SSSR count). The van der Waals surface area contributed by atoms with Crippen LogP contribution < -0.4 is 4.72 Å². The molecule has 8 heteroatoms. The van der Waals surface area contributed by atoms with Crippen molar-refractivity contribution in [3.8, 4) is 11.1 Å². The normalized spacial score (nSPS) is 14.0. The highest BCUT2D eigenvalue weighted by atomic mass is 32.2. The van der Waals surface area contributed by atoms with E-state index in [1.165, 1.54) is 0 Å². The van der Waals surface area contributed by atoms with Crippen molar-refractivity contribution in [2.24, 2.45) is 11.8 Å². The molecule has 0 unspecified atom stereocenters. The van der Waals surface area contributed by atoms with Gasteiger partial charge >= 0.3 is 11.9 Å². The van der Waals surface area contributed by atoms with Gasteiger partial charge in [-0.1, -0.05) is 62.2 Å². The molecular weight excluding hydrogens is 514 g/mol. The summed E-state index contributed by atoms with van der Waals surface area (Å²) in [6, 6.07) is 14.4. The number of carbonyl (C=O) groups excluding carboxylic acids is 1. The Morgan fingerprint density at radius 2 is 1.54 bits per heavy atom. The van der Waals surface area contributed by atoms with E-state index in [1.807, 2.05) is 52.0 Å². The third-order valence-corrected chi connectivity index (χ3v) is 8.04. The molecular formula is C31H45NO6S. The summed E-state index contributed by atoms with van der Waals surface area (Å²) >= 11 is 0. The minimum atomic E-state index is -3.73. The highest BCUT2D eigenvalue weighted by Gasteiger charge is 2.30. The first-order chi connectivity index (χ1) is 18.0. The van der Waals surface area contributed by atoms with Crippen molar-refractivity contribution in [1.82, 2.24) is 4.72 Å². The van der Waals surface area contributed by atoms with Crippen molar-refractivity contribution in [3.05, 3.63) is 54.1 Å². The zero-order valence-corrected chi connectivity index (χ0v) is 25.2. The van der Waals surface area contributed by atoms with Crippen molar-refractivity contribution in [3.63, 3.8) is 0 Å². The SMILES string of the molecule is CCCC[C@@H](C[C@@H](CCc1ccc(-c2ccccc2S(=O)(=O)NC(C)(C)C)cc1)C(=O)O)C(=O)OC(C)(C)C. The average molecular weight is 560 g/mol. The Morgan fingerprint density at radius 1 is 0.923 bits per heavy atom. The molecule has 0 saturated carbocycles. The maximum atomic E-state index is 13.0. The summed E-state index contributed by atoms with van der Waals surface area (Å²) in [5.74, 6) is -2.37. The maximum Gasteiger partial charge on any atom is 0.309 e. The Labute approximate surface area is 234 Å². The van der Waals surface area contributed by atoms with Gasteiger partial charge in [-0.3, -0.25) is 9.59 Å². The molecule has 0 bridgehead atoms. The number of rotatable bonds is 13. The Hall–Kier alpha value is -2.71. The fourth-order valence-corrected chi connectivity index (χ4v) is 6.09. The molecule has 39 heavy (non-hydrogen) atoms. The summed E-state index contributed by atoms with van der Waals surface area (Å²) in [6.07, 6.45) is 3.52. The van der Waals surface area contributed by atoms with Gasteiger partial charge in [0, 0.05) is 11.1 Å². The number of hydrogen-bond acceptors (Lipinski definition) is 5. The van der Waals surface area contributed by atoms with E-state index in [1.54, 1.807) is 45.0 Å². The molecule has 7 nitrogen and oxygen atoms in total. The standard InChI is InChI=1S/C31H45NO6S/c1-8-9-12-25(29(35)38-31(5,6)7)21-24(28(33)34)20-17-22-15-18-23(19-16-22)26-13-10-11-14-27(26)39(36,37)32-30(2,3)4/h10-11,13-16,18-19,24-25,32H,8-9,12,17,20-21H2,1-7H3,(H,33,34)/t24-,25+/m1/s1. The number of hydrogen-bond donors (Lipinski definition) is 2. The molecule has 216 valence electrons. The summed E-state index contributed by atoms with van der Waals surface area (Å²) in [6.45, 7) is 12.9. The summed E-state index contributed by atoms with van der Waals surface area (Å²) in [7, 11) is -3.73. The molecule has 0 aliphatic heterocycles. The molecule has 0 amide bonds. The van der Waals surface area contributed by atoms with E-state index >= 15 is 0 Å². The molecule has 0 aromatic heterocycles. The van der Waals surface area contributed by atoms with E-state index in [4.69, 9.17) is 4.74 Å². The molecule has 2 N–H and O–H groups in total. The van der Waals surface area contributed by atoms with Crippen molar-refractivity contribution in [2.75, 3.05) is 0 Å². The highest BCUT2D eigenvalue weighted by molar-refractivity contribution is 7.89. The second kappa shape index (κ2) is 13.6. The number of aryl methyl sites for hydroxylation is 1. The van der Waals surface area contributed by atoms with E-state index in [-0.39, 0.29) is 17.3 Å². The van der Waals surface area contributed by atoms with Crippen molar-refractivity contribution in [2.45, 2.75) is 103 Å². The summed E-state index contributed by atoms with van der Waals surface area (Å²) < 4.78 is 34.3. The van der Waals surface area contributed by atoms with Crippen LogP contribution in [0, 0.1) is 11.8 Å². The lowest BCUT2D eigenvalue weighted by Gasteiger charge is -2.25. The predicted octanol–water partition coefficient (Wildman–Crippen LogP) is 6.60. The number of benzene rings is 2. The van der Waals surface area contributed by atoms with Gasteiger partial charge in [0.2, 0.25) is 10.0 Å². The minimum Gasteiger partial charge on any atom is -0.481 e. The number of carbonyl (C=O) groups is 2. The monoisotopic (exact) mass is 559 g/mol. The first kappa shape index (κ1) is 32.5. The fourth-order valence-electron chi connectivity index (χ4n) is 4.44. The van der Waals surface area contributed by atoms with Crippen LogP contribution >= 0.6 is 0 Å². The number of carboxylic acids is 1. The lowest BCUT2D eigenvalue weighted by atomic mass is 9.87. The zero-order valence-electron chi connectivity index (χ0n) is 24.4. The van der Waals surface area contributed by atoms with Gasteiger partial charge < -0.3 is 9.84 Å². The number of unbranched alkanes of at least 4 members (excludes halogenated alkanes) is 1. The zero-order chi connectivity index (χ0) is 29.4. The van der Waals surface area contributed by atoms with Crippen molar-refractivity contribution >= 4 is 22.0 Å². The van der Waals surface area contributed by atoms with Crippen LogP contribution in [-0.2, 0) is 30.8 Å². The lowest BCUT2D eigenvalue weighted by molar-refractivity contribution is -0.161. The summed E-state index contributed by atoms with van der Waals surface area (Å²) in [5.41, 5.74) is 1.06. The fraction of sp³-hybridized carbons (Fsp3) is 0.548. The van der Waals surface area contributed by atoms with Gasteiger partial charge in [0.1, 0.15) is 5.60 Å². The molecule has 0 radical (unpaired) electrons. The van der Waals surface area contributed by atoms with Crippen LogP contribution in [0.15, 0.2) is 53.4 Å². The Balaban J connectivity index is 2.18. The van der Waals surface area contributed by atoms with Gasteiger partial charge in [-0.25, -0.2) is 13.1 Å². The number of nitrogens with one attached hydrogen (secondary N) is 1. The van der Waals surface area contributed by atoms with Crippen LogP contribution in [0.5, 0.6) is 0 Å². The van der Waals surface area contributed by atoms with E-state index in [9.17, 15) is 23.1 Å². The van der Waals surface area contributed by atoms with Crippen molar-refractivity contribution < 1.29 is 27.9 Å². The first-order valence-corrected chi connectivity index (χ1v) is 15.2. The number of aliphatic carboxylic acids is 1. The Morgan fingerprint density at radius 3 is 2.08 bits per heavy atom. The largest absolute Gasteiger partial charge is 0.481 e. The average Bonchev–Trinajstić information content (AvgIpc) is 2.81. The van der Waals surface area contributed by atoms with Crippen LogP contribution in [0.1, 0.15) is 86.1 Å². The van der Waals surface area contributed by atoms with Crippen molar-refractivity contribution in [1.29, 1.82) is 0 Å². The third-order valence-electron chi connectivity index (χ3n) is 6.23. The van der Waals surface area contributed by atoms with Crippen LogP contribution in [0.2, 0.25) is 0 Å². The number of esters is 1. The molecule has 2 aromatic carbocycles. The van der Waals surface area contributed by atoms with Gasteiger partial charge in [-0.15, -0.1) is 0 Å². The van der Waals surface area contributed by atoms with Gasteiger partial charge in [-0.05, 0) is 84.4 Å². The topological polar surface area (TPSA) is 110 Å². The molecule has 0 aliphatic rings. The summed E-state index contributed by atoms with van der Waals surface area (Å²) in [5, 5.41) is 9.91. The van der Waals surface area contributed by atoms with E-state index in [2.05, 4.69) is 4.72 Å². The Bertz CT molecular complexity index is 1210. The minimum absolute atomic E-state index is 0.207. The highest BCUT2D eigenvalue weighted by Crippen LogP contribution is 2.30. The maximum absolute atomic E-state index is 13.0. The quantitative estimate of drug-likeness (QED) is 0.268. The number of ether oxygens (including phenoxy) is 1. The van der Waals surface area contributed by atoms with Gasteiger partial charge in [0.05, 0.1) is 16.7 Å². The molecule has 0 fully saturated rings. The molecule has 0 heterocycles. The molecule has 2 atom stereocenters. The smallest absolute Gasteiger partial charge is 0.309 e. The van der Waals surface area contributed by atoms with E-state index in [0.29, 0.717) is 24.8 Å². The van der Waals surface area contributed by atoms with Crippen LogP contribution in [0.25, 0.3) is 11.1 Å². The van der Waals surface area contributed by atoms with Crippen LogP contribution in [-0.4, -0.2) is 36.6 Å². The predicted molar refractivity (Wildman–Crippen MR) is 155 cm³/mol. The molecule has 0 spiro atoms. The van der Waals surface area contributed by atoms with E-state index in [0.717, 1.165) is 24.0 Å². The first-order valence-electron chi connectivity index (χ1n) is 13.7. The van der Waals surface area contributed by atoms with Crippen LogP contribution in [0.3, 0.4) is 0 Å². The molecule has 0 aliphatic carbocycles. The summed E-state index contributed by atoms with van der Waals surface area (Å²) in [4.78, 5) is 25.1. The molecule has 2 aromatic rings. The Kier molecular flexibility index (Phi) is 11.3. The van der Waals surface area contributed by atoms with Gasteiger partial charge in [0.25, 0.3) is 0 Å². The number of carboxylic acid groups (broad SMARTS) is 1. The second-order valence-corrected chi connectivity index (χ2v) is 13.9. The third kappa shape index (κ3) is 10.8.